The SMILES string of the molecule is Cc1ccccc1[C@H]1c2ccccc2SC12CCN(C)CC2. The van der Waals surface area contributed by atoms with Crippen molar-refractivity contribution >= 4 is 11.8 Å². The molecule has 0 radical (unpaired) electrons. The van der Waals surface area contributed by atoms with E-state index in [0.717, 1.165) is 0 Å². The number of thioether (sulfide) groups is 1. The average molecular weight is 309 g/mol. The molecular formula is C20H23NS. The van der Waals surface area contributed by atoms with Crippen LogP contribution in [-0.2, 0) is 0 Å². The molecule has 2 heteroatoms. The minimum Gasteiger partial charge on any atom is -0.306 e. The molecular weight excluding hydrogens is 286 g/mol. The van der Waals surface area contributed by atoms with Crippen LogP contribution in [0.15, 0.2) is 53.4 Å². The van der Waals surface area contributed by atoms with Crippen molar-refractivity contribution in [1.82, 2.24) is 4.90 Å². The highest BCUT2D eigenvalue weighted by Gasteiger charge is 2.48. The fourth-order valence-corrected chi connectivity index (χ4v) is 5.77. The molecule has 22 heavy (non-hydrogen) atoms. The topological polar surface area (TPSA) is 3.24 Å². The van der Waals surface area contributed by atoms with Crippen molar-refractivity contribution in [2.45, 2.75) is 35.3 Å². The molecule has 1 atom stereocenters. The summed E-state index contributed by atoms with van der Waals surface area (Å²) in [5.74, 6) is 0.545. The quantitative estimate of drug-likeness (QED) is 0.751. The normalized spacial score (nSPS) is 23.6. The molecule has 2 aliphatic heterocycles. The second kappa shape index (κ2) is 5.43. The Morgan fingerprint density at radius 1 is 0.955 bits per heavy atom. The molecule has 2 aliphatic rings. The summed E-state index contributed by atoms with van der Waals surface area (Å²) < 4.78 is 0.350. The van der Waals surface area contributed by atoms with Crippen molar-refractivity contribution < 1.29 is 0 Å². The van der Waals surface area contributed by atoms with Gasteiger partial charge in [-0.25, -0.2) is 0 Å². The molecule has 4 rings (SSSR count). The van der Waals surface area contributed by atoms with Crippen LogP contribution in [0.25, 0.3) is 0 Å². The van der Waals surface area contributed by atoms with Gasteiger partial charge in [0.1, 0.15) is 0 Å². The van der Waals surface area contributed by atoms with E-state index in [2.05, 4.69) is 79.2 Å². The summed E-state index contributed by atoms with van der Waals surface area (Å²) in [6.45, 7) is 4.69. The number of aryl methyl sites for hydroxylation is 1. The Kier molecular flexibility index (Phi) is 3.54. The van der Waals surface area contributed by atoms with Gasteiger partial charge in [-0.1, -0.05) is 42.5 Å². The van der Waals surface area contributed by atoms with Gasteiger partial charge in [0.05, 0.1) is 0 Å². The molecule has 0 aromatic heterocycles. The van der Waals surface area contributed by atoms with Crippen LogP contribution in [0.3, 0.4) is 0 Å². The third-order valence-electron chi connectivity index (χ3n) is 5.40. The molecule has 114 valence electrons. The van der Waals surface area contributed by atoms with Crippen LogP contribution in [0.2, 0.25) is 0 Å². The highest BCUT2D eigenvalue weighted by molar-refractivity contribution is 8.01. The van der Waals surface area contributed by atoms with E-state index < -0.39 is 0 Å². The Hall–Kier alpha value is -1.25. The smallest absolute Gasteiger partial charge is 0.0341 e. The first-order valence-corrected chi connectivity index (χ1v) is 9.03. The number of nitrogens with zero attached hydrogens (tertiary/aromatic N) is 1. The molecule has 1 saturated heterocycles. The number of piperidine rings is 1. The fourth-order valence-electron chi connectivity index (χ4n) is 4.12. The van der Waals surface area contributed by atoms with Crippen molar-refractivity contribution in [3.8, 4) is 0 Å². The van der Waals surface area contributed by atoms with E-state index in [4.69, 9.17) is 0 Å². The minimum absolute atomic E-state index is 0.350. The summed E-state index contributed by atoms with van der Waals surface area (Å²) in [6.07, 6.45) is 2.56. The summed E-state index contributed by atoms with van der Waals surface area (Å²) in [5.41, 5.74) is 4.51. The van der Waals surface area contributed by atoms with Gasteiger partial charge in [0, 0.05) is 15.6 Å². The van der Waals surface area contributed by atoms with Gasteiger partial charge in [-0.3, -0.25) is 0 Å². The van der Waals surface area contributed by atoms with Gasteiger partial charge >= 0.3 is 0 Å². The Bertz CT molecular complexity index is 686. The van der Waals surface area contributed by atoms with Gasteiger partial charge in [0.2, 0.25) is 0 Å². The van der Waals surface area contributed by atoms with Crippen molar-refractivity contribution in [2.75, 3.05) is 20.1 Å². The molecule has 0 aliphatic carbocycles. The van der Waals surface area contributed by atoms with Gasteiger partial charge in [0.15, 0.2) is 0 Å². The lowest BCUT2D eigenvalue weighted by atomic mass is 9.74. The molecule has 0 amide bonds. The zero-order valence-corrected chi connectivity index (χ0v) is 14.2. The third-order valence-corrected chi connectivity index (χ3v) is 7.04. The second-order valence-corrected chi connectivity index (χ2v) is 8.25. The first-order chi connectivity index (χ1) is 10.7. The number of hydrogen-bond donors (Lipinski definition) is 0. The standard InChI is InChI=1S/C20H23NS/c1-15-7-3-4-8-16(15)19-17-9-5-6-10-18(17)22-20(19)11-13-21(2)14-12-20/h3-10,19H,11-14H2,1-2H3/t19-/m0/s1. The first-order valence-electron chi connectivity index (χ1n) is 8.22. The number of benzene rings is 2. The van der Waals surface area contributed by atoms with E-state index in [-0.39, 0.29) is 0 Å². The van der Waals surface area contributed by atoms with Crippen molar-refractivity contribution in [3.05, 3.63) is 65.2 Å². The molecule has 0 unspecified atom stereocenters. The van der Waals surface area contributed by atoms with Crippen LogP contribution in [0, 0.1) is 6.92 Å². The van der Waals surface area contributed by atoms with Gasteiger partial charge < -0.3 is 4.90 Å². The molecule has 1 spiro atoms. The van der Waals surface area contributed by atoms with Crippen LogP contribution in [0.5, 0.6) is 0 Å². The van der Waals surface area contributed by atoms with Crippen molar-refractivity contribution in [3.63, 3.8) is 0 Å². The van der Waals surface area contributed by atoms with Crippen LogP contribution in [0.4, 0.5) is 0 Å². The maximum absolute atomic E-state index is 2.48. The van der Waals surface area contributed by atoms with E-state index in [0.29, 0.717) is 10.7 Å². The fraction of sp³-hybridized carbons (Fsp3) is 0.400. The number of hydrogen-bond acceptors (Lipinski definition) is 2. The van der Waals surface area contributed by atoms with E-state index in [1.807, 2.05) is 0 Å². The molecule has 2 heterocycles. The molecule has 0 saturated carbocycles. The number of likely N-dealkylation sites (tertiary alicyclic amines) is 1. The zero-order valence-electron chi connectivity index (χ0n) is 13.4. The summed E-state index contributed by atoms with van der Waals surface area (Å²) in [5, 5.41) is 0. The lowest BCUT2D eigenvalue weighted by molar-refractivity contribution is 0.230. The summed E-state index contributed by atoms with van der Waals surface area (Å²) >= 11 is 2.15. The predicted molar refractivity (Wildman–Crippen MR) is 94.8 cm³/mol. The first kappa shape index (κ1) is 14.3. The maximum atomic E-state index is 2.48. The largest absolute Gasteiger partial charge is 0.306 e. The molecule has 1 nitrogen and oxygen atoms in total. The van der Waals surface area contributed by atoms with E-state index in [9.17, 15) is 0 Å². The lowest BCUT2D eigenvalue weighted by Crippen LogP contribution is -2.43. The molecule has 2 aromatic carbocycles. The Morgan fingerprint density at radius 2 is 1.59 bits per heavy atom. The average Bonchev–Trinajstić information content (AvgIpc) is 2.85. The minimum atomic E-state index is 0.350. The second-order valence-electron chi connectivity index (χ2n) is 6.80. The Labute approximate surface area is 137 Å². The summed E-state index contributed by atoms with van der Waals surface area (Å²) in [4.78, 5) is 3.98. The molecule has 0 N–H and O–H groups in total. The van der Waals surface area contributed by atoms with Gasteiger partial charge in [-0.05, 0) is 62.7 Å². The van der Waals surface area contributed by atoms with E-state index in [1.165, 1.54) is 42.0 Å². The zero-order chi connectivity index (χ0) is 15.2. The Balaban J connectivity index is 1.85. The van der Waals surface area contributed by atoms with E-state index >= 15 is 0 Å². The highest BCUT2D eigenvalue weighted by Crippen LogP contribution is 2.60. The maximum Gasteiger partial charge on any atom is 0.0341 e. The van der Waals surface area contributed by atoms with E-state index in [1.54, 1.807) is 5.56 Å². The molecule has 0 bridgehead atoms. The molecule has 1 fully saturated rings. The van der Waals surface area contributed by atoms with Crippen molar-refractivity contribution in [2.24, 2.45) is 0 Å². The van der Waals surface area contributed by atoms with Gasteiger partial charge in [-0.15, -0.1) is 11.8 Å². The van der Waals surface area contributed by atoms with Gasteiger partial charge in [0.25, 0.3) is 0 Å². The van der Waals surface area contributed by atoms with Crippen LogP contribution < -0.4 is 0 Å². The lowest BCUT2D eigenvalue weighted by Gasteiger charge is -2.42. The van der Waals surface area contributed by atoms with Crippen LogP contribution >= 0.6 is 11.8 Å². The monoisotopic (exact) mass is 309 g/mol. The summed E-state index contributed by atoms with van der Waals surface area (Å²) in [7, 11) is 2.25. The Morgan fingerprint density at radius 3 is 2.32 bits per heavy atom. The van der Waals surface area contributed by atoms with Crippen LogP contribution in [-0.4, -0.2) is 29.8 Å². The predicted octanol–water partition coefficient (Wildman–Crippen LogP) is 4.70. The number of rotatable bonds is 1. The molecule has 2 aromatic rings. The number of fused-ring (bicyclic) bond motifs is 1. The van der Waals surface area contributed by atoms with Crippen molar-refractivity contribution in [1.29, 1.82) is 0 Å². The highest BCUT2D eigenvalue weighted by atomic mass is 32.2. The third kappa shape index (κ3) is 2.21. The van der Waals surface area contributed by atoms with Crippen LogP contribution in [0.1, 0.15) is 35.4 Å². The summed E-state index contributed by atoms with van der Waals surface area (Å²) in [6, 6.07) is 18.1. The van der Waals surface area contributed by atoms with Gasteiger partial charge in [-0.2, -0.15) is 0 Å².